The molecule has 2 atom stereocenters. The molecule has 1 heterocycles. The Morgan fingerprint density at radius 1 is 1.19 bits per heavy atom. The van der Waals surface area contributed by atoms with Gasteiger partial charge in [0.15, 0.2) is 5.69 Å². The second-order valence-electron chi connectivity index (χ2n) is 7.51. The van der Waals surface area contributed by atoms with Gasteiger partial charge < -0.3 is 22.1 Å². The van der Waals surface area contributed by atoms with E-state index in [0.29, 0.717) is 17.8 Å². The van der Waals surface area contributed by atoms with Crippen LogP contribution in [-0.4, -0.2) is 56.2 Å². The molecule has 2 aromatic rings. The van der Waals surface area contributed by atoms with Crippen molar-refractivity contribution in [1.82, 2.24) is 15.1 Å². The molecule has 166 valence electrons. The van der Waals surface area contributed by atoms with Gasteiger partial charge in [0.1, 0.15) is 5.82 Å². The largest absolute Gasteiger partial charge is 1.00 e. The Hall–Kier alpha value is -1.78. The summed E-state index contributed by atoms with van der Waals surface area (Å²) in [6.45, 7) is 3.85. The second-order valence-corrected chi connectivity index (χ2v) is 7.51. The number of hydrogen-bond donors (Lipinski definition) is 4. The van der Waals surface area contributed by atoms with Crippen molar-refractivity contribution in [3.8, 4) is 5.69 Å². The molecule has 8 nitrogen and oxygen atoms in total. The Bertz CT molecular complexity index is 892. The van der Waals surface area contributed by atoms with Gasteiger partial charge in [0.2, 0.25) is 0 Å². The van der Waals surface area contributed by atoms with Gasteiger partial charge in [-0.1, -0.05) is 13.8 Å². The maximum atomic E-state index is 13.4. The number of carbonyl (C=O) groups excluding carboxylic acids is 1. The van der Waals surface area contributed by atoms with Crippen LogP contribution in [0.2, 0.25) is 0 Å². The first-order chi connectivity index (χ1) is 14.1. The molecule has 0 spiro atoms. The SMILES string of the molecule is CNC(=O)c1nn(-c2ccc(F)cc2)c(CC[C@@H](O)C[C@@H](O)CC(=O)O)c1C(C)C.[H-].[Na+]. The number of halogens is 1. The average Bonchev–Trinajstić information content (AvgIpc) is 3.05. The quantitative estimate of drug-likeness (QED) is 0.353. The molecule has 0 bridgehead atoms. The monoisotopic (exact) mass is 445 g/mol. The van der Waals surface area contributed by atoms with Crippen molar-refractivity contribution in [2.24, 2.45) is 0 Å². The van der Waals surface area contributed by atoms with Gasteiger partial charge in [-0.05, 0) is 49.4 Å². The standard InChI is InChI=1S/C21H28FN3O5.Na.H/c1-12(2)19-17(9-8-15(26)10-16(27)11-18(28)29)25(24-20(19)21(30)23-3)14-6-4-13(22)5-7-14;;/h4-7,12,15-16,26-27H,8-11H2,1-3H3,(H,23,30)(H,28,29);;/q;+1;-1/t15-,16-;;/m1../s1. The summed E-state index contributed by atoms with van der Waals surface area (Å²) >= 11 is 0. The first-order valence-corrected chi connectivity index (χ1v) is 9.81. The number of aromatic nitrogens is 2. The summed E-state index contributed by atoms with van der Waals surface area (Å²) in [5.74, 6) is -1.93. The van der Waals surface area contributed by atoms with E-state index in [-0.39, 0.29) is 61.3 Å². The molecule has 31 heavy (non-hydrogen) atoms. The summed E-state index contributed by atoms with van der Waals surface area (Å²) in [5, 5.41) is 35.8. The third-order valence-corrected chi connectivity index (χ3v) is 4.78. The van der Waals surface area contributed by atoms with Crippen molar-refractivity contribution in [1.29, 1.82) is 0 Å². The van der Waals surface area contributed by atoms with Crippen molar-refractivity contribution < 1.29 is 60.3 Å². The van der Waals surface area contributed by atoms with Gasteiger partial charge in [-0.2, -0.15) is 5.10 Å². The van der Waals surface area contributed by atoms with Crippen molar-refractivity contribution in [2.75, 3.05) is 7.05 Å². The number of aliphatic hydroxyl groups is 2. The van der Waals surface area contributed by atoms with Crippen molar-refractivity contribution in [3.05, 3.63) is 47.0 Å². The number of carboxylic acid groups (broad SMARTS) is 1. The molecular weight excluding hydrogens is 416 g/mol. The Balaban J connectivity index is 0.00000480. The molecule has 1 amide bonds. The molecule has 0 aliphatic carbocycles. The van der Waals surface area contributed by atoms with Gasteiger partial charge in [0, 0.05) is 18.3 Å². The minimum Gasteiger partial charge on any atom is -1.00 e. The van der Waals surface area contributed by atoms with E-state index >= 15 is 0 Å². The minimum absolute atomic E-state index is 0. The number of aliphatic carboxylic acids is 1. The number of carboxylic acids is 1. The number of carbonyl (C=O) groups is 2. The van der Waals surface area contributed by atoms with Crippen LogP contribution in [0.3, 0.4) is 0 Å². The van der Waals surface area contributed by atoms with E-state index < -0.39 is 30.4 Å². The summed E-state index contributed by atoms with van der Waals surface area (Å²) in [4.78, 5) is 23.1. The van der Waals surface area contributed by atoms with E-state index in [1.54, 1.807) is 16.8 Å². The Morgan fingerprint density at radius 2 is 1.81 bits per heavy atom. The summed E-state index contributed by atoms with van der Waals surface area (Å²) in [7, 11) is 1.51. The van der Waals surface area contributed by atoms with E-state index in [1.807, 2.05) is 13.8 Å². The molecule has 0 saturated heterocycles. The smallest absolute Gasteiger partial charge is 1.00 e. The normalized spacial score (nSPS) is 12.9. The fourth-order valence-electron chi connectivity index (χ4n) is 3.41. The fourth-order valence-corrected chi connectivity index (χ4v) is 3.41. The summed E-state index contributed by atoms with van der Waals surface area (Å²) in [6, 6.07) is 5.70. The van der Waals surface area contributed by atoms with E-state index in [9.17, 15) is 24.2 Å². The van der Waals surface area contributed by atoms with Crippen LogP contribution in [0, 0.1) is 5.82 Å². The number of nitrogens with zero attached hydrogens (tertiary/aromatic N) is 2. The molecule has 0 aliphatic heterocycles. The predicted molar refractivity (Wildman–Crippen MR) is 109 cm³/mol. The van der Waals surface area contributed by atoms with Gasteiger partial charge in [-0.3, -0.25) is 9.59 Å². The molecule has 10 heteroatoms. The molecule has 1 aromatic heterocycles. The number of amides is 1. The molecule has 0 unspecified atom stereocenters. The molecule has 0 fully saturated rings. The van der Waals surface area contributed by atoms with Crippen LogP contribution in [0.1, 0.15) is 62.2 Å². The number of aliphatic hydroxyl groups excluding tert-OH is 2. The third kappa shape index (κ3) is 7.40. The third-order valence-electron chi connectivity index (χ3n) is 4.78. The molecule has 1 aromatic carbocycles. The molecule has 0 radical (unpaired) electrons. The Kier molecular flexibility index (Phi) is 10.8. The number of nitrogens with one attached hydrogen (secondary N) is 1. The average molecular weight is 445 g/mol. The number of benzene rings is 1. The molecular formula is C21H29FN3NaO5. The Labute approximate surface area is 204 Å². The van der Waals surface area contributed by atoms with Crippen LogP contribution in [0.5, 0.6) is 0 Å². The zero-order chi connectivity index (χ0) is 22.4. The topological polar surface area (TPSA) is 125 Å². The van der Waals surface area contributed by atoms with Crippen LogP contribution in [-0.2, 0) is 11.2 Å². The van der Waals surface area contributed by atoms with Crippen LogP contribution >= 0.6 is 0 Å². The summed E-state index contributed by atoms with van der Waals surface area (Å²) < 4.78 is 14.9. The predicted octanol–water partition coefficient (Wildman–Crippen LogP) is -0.870. The van der Waals surface area contributed by atoms with Crippen LogP contribution in [0.15, 0.2) is 24.3 Å². The molecule has 4 N–H and O–H groups in total. The van der Waals surface area contributed by atoms with Gasteiger partial charge in [0.25, 0.3) is 5.91 Å². The van der Waals surface area contributed by atoms with Gasteiger partial charge >= 0.3 is 35.5 Å². The van der Waals surface area contributed by atoms with Crippen molar-refractivity contribution in [3.63, 3.8) is 0 Å². The van der Waals surface area contributed by atoms with Crippen molar-refractivity contribution in [2.45, 2.75) is 57.7 Å². The first kappa shape index (κ1) is 27.3. The summed E-state index contributed by atoms with van der Waals surface area (Å²) in [6.07, 6.45) is -2.03. The maximum absolute atomic E-state index is 13.4. The zero-order valence-electron chi connectivity index (χ0n) is 19.3. The second kappa shape index (κ2) is 12.3. The van der Waals surface area contributed by atoms with Gasteiger partial charge in [-0.25, -0.2) is 9.07 Å². The van der Waals surface area contributed by atoms with E-state index in [0.717, 1.165) is 5.56 Å². The summed E-state index contributed by atoms with van der Waals surface area (Å²) in [5.41, 5.74) is 2.25. The molecule has 0 saturated carbocycles. The van der Waals surface area contributed by atoms with E-state index in [1.165, 1.54) is 19.2 Å². The van der Waals surface area contributed by atoms with E-state index in [4.69, 9.17) is 5.11 Å². The number of hydrogen-bond acceptors (Lipinski definition) is 5. The van der Waals surface area contributed by atoms with Crippen LogP contribution < -0.4 is 34.9 Å². The van der Waals surface area contributed by atoms with Crippen LogP contribution in [0.4, 0.5) is 4.39 Å². The molecule has 2 rings (SSSR count). The van der Waals surface area contributed by atoms with Gasteiger partial charge in [0.05, 0.1) is 24.3 Å². The Morgan fingerprint density at radius 3 is 2.32 bits per heavy atom. The van der Waals surface area contributed by atoms with Gasteiger partial charge in [-0.15, -0.1) is 0 Å². The molecule has 0 aliphatic rings. The van der Waals surface area contributed by atoms with Crippen LogP contribution in [0.25, 0.3) is 5.69 Å². The first-order valence-electron chi connectivity index (χ1n) is 9.81. The number of rotatable bonds is 10. The minimum atomic E-state index is -1.15. The van der Waals surface area contributed by atoms with E-state index in [2.05, 4.69) is 10.4 Å². The zero-order valence-corrected chi connectivity index (χ0v) is 20.3. The fraction of sp³-hybridized carbons (Fsp3) is 0.476. The van der Waals surface area contributed by atoms with Crippen molar-refractivity contribution >= 4 is 11.9 Å². The maximum Gasteiger partial charge on any atom is 1.00 e.